The van der Waals surface area contributed by atoms with Crippen molar-refractivity contribution in [2.45, 2.75) is 25.0 Å². The molecule has 4 atom stereocenters. The molecule has 4 unspecified atom stereocenters. The third-order valence-corrected chi connectivity index (χ3v) is 3.47. The van der Waals surface area contributed by atoms with Crippen molar-refractivity contribution in [1.29, 1.82) is 0 Å². The standard InChI is InChI=1S/C10H17NO6/c12-9-1-3-15-6-8-7(9)5-16-4-2-10(8)17-11(13)14/h7-10,12H,1-6H2. The molecule has 7 nitrogen and oxygen atoms in total. The molecule has 0 saturated carbocycles. The Labute approximate surface area is 98.8 Å². The highest BCUT2D eigenvalue weighted by molar-refractivity contribution is 4.85. The number of fused-ring (bicyclic) bond motifs is 1. The van der Waals surface area contributed by atoms with Gasteiger partial charge >= 0.3 is 0 Å². The molecule has 0 aromatic heterocycles. The fourth-order valence-corrected chi connectivity index (χ4v) is 2.54. The van der Waals surface area contributed by atoms with Gasteiger partial charge in [-0.25, -0.2) is 0 Å². The average molecular weight is 247 g/mol. The Hall–Kier alpha value is -0.920. The molecule has 2 aliphatic heterocycles. The monoisotopic (exact) mass is 247 g/mol. The molecule has 0 spiro atoms. The van der Waals surface area contributed by atoms with Crippen LogP contribution in [-0.2, 0) is 14.3 Å². The second kappa shape index (κ2) is 5.61. The lowest BCUT2D eigenvalue weighted by Gasteiger charge is -2.29. The van der Waals surface area contributed by atoms with Crippen LogP contribution in [0.1, 0.15) is 12.8 Å². The second-order valence-corrected chi connectivity index (χ2v) is 4.49. The number of aliphatic hydroxyl groups excluding tert-OH is 1. The van der Waals surface area contributed by atoms with Gasteiger partial charge in [-0.15, -0.1) is 10.1 Å². The molecule has 2 heterocycles. The fraction of sp³-hybridized carbons (Fsp3) is 1.00. The first kappa shape index (κ1) is 12.5. The van der Waals surface area contributed by atoms with Crippen LogP contribution in [0, 0.1) is 22.0 Å². The highest BCUT2D eigenvalue weighted by Crippen LogP contribution is 2.31. The van der Waals surface area contributed by atoms with Gasteiger partial charge in [0.05, 0.1) is 19.3 Å². The van der Waals surface area contributed by atoms with E-state index in [4.69, 9.17) is 14.3 Å². The quantitative estimate of drug-likeness (QED) is 0.545. The van der Waals surface area contributed by atoms with Crippen molar-refractivity contribution in [3.8, 4) is 0 Å². The molecule has 0 amide bonds. The zero-order chi connectivity index (χ0) is 12.3. The minimum absolute atomic E-state index is 0.148. The largest absolute Gasteiger partial charge is 0.393 e. The first-order valence-electron chi connectivity index (χ1n) is 5.83. The van der Waals surface area contributed by atoms with Gasteiger partial charge in [0, 0.05) is 25.0 Å². The zero-order valence-corrected chi connectivity index (χ0v) is 9.49. The summed E-state index contributed by atoms with van der Waals surface area (Å²) in [6, 6.07) is 0. The van der Waals surface area contributed by atoms with E-state index in [0.29, 0.717) is 39.3 Å². The Morgan fingerprint density at radius 3 is 2.53 bits per heavy atom. The van der Waals surface area contributed by atoms with E-state index in [1.807, 2.05) is 0 Å². The maximum absolute atomic E-state index is 10.5. The van der Waals surface area contributed by atoms with Crippen LogP contribution in [-0.4, -0.2) is 48.8 Å². The topological polar surface area (TPSA) is 91.1 Å². The summed E-state index contributed by atoms with van der Waals surface area (Å²) in [5.74, 6) is -0.328. The molecule has 0 aliphatic carbocycles. The Morgan fingerprint density at radius 2 is 1.82 bits per heavy atom. The van der Waals surface area contributed by atoms with Crippen LogP contribution in [0.5, 0.6) is 0 Å². The van der Waals surface area contributed by atoms with E-state index in [9.17, 15) is 15.2 Å². The van der Waals surface area contributed by atoms with Crippen molar-refractivity contribution in [1.82, 2.24) is 0 Å². The van der Waals surface area contributed by atoms with E-state index >= 15 is 0 Å². The van der Waals surface area contributed by atoms with E-state index in [1.165, 1.54) is 0 Å². The number of hydrogen-bond donors (Lipinski definition) is 1. The van der Waals surface area contributed by atoms with Crippen molar-refractivity contribution in [2.24, 2.45) is 11.8 Å². The molecule has 2 rings (SSSR count). The first-order chi connectivity index (χ1) is 8.18. The van der Waals surface area contributed by atoms with Gasteiger partial charge in [-0.05, 0) is 12.8 Å². The SMILES string of the molecule is O=[N+]([O-])OC1CCOCC2C(O)CCOCC12. The Bertz CT molecular complexity index is 274. The first-order valence-corrected chi connectivity index (χ1v) is 5.83. The predicted molar refractivity (Wildman–Crippen MR) is 55.7 cm³/mol. The highest BCUT2D eigenvalue weighted by Gasteiger charge is 2.39. The summed E-state index contributed by atoms with van der Waals surface area (Å²) in [6.45, 7) is 1.67. The summed E-state index contributed by atoms with van der Waals surface area (Å²) < 4.78 is 10.8. The van der Waals surface area contributed by atoms with Gasteiger partial charge in [0.25, 0.3) is 5.09 Å². The smallest absolute Gasteiger partial charge is 0.294 e. The molecule has 2 saturated heterocycles. The molecule has 1 N–H and O–H groups in total. The summed E-state index contributed by atoms with van der Waals surface area (Å²) in [4.78, 5) is 15.2. The van der Waals surface area contributed by atoms with Gasteiger partial charge in [0.1, 0.15) is 6.10 Å². The summed E-state index contributed by atoms with van der Waals surface area (Å²) in [5, 5.41) is 19.7. The Kier molecular flexibility index (Phi) is 4.14. The zero-order valence-electron chi connectivity index (χ0n) is 9.49. The molecule has 0 radical (unpaired) electrons. The highest BCUT2D eigenvalue weighted by atomic mass is 17.0. The fourth-order valence-electron chi connectivity index (χ4n) is 2.54. The Balaban J connectivity index is 2.11. The van der Waals surface area contributed by atoms with Crippen molar-refractivity contribution in [2.75, 3.05) is 26.4 Å². The molecule has 98 valence electrons. The molecule has 17 heavy (non-hydrogen) atoms. The number of ether oxygens (including phenoxy) is 2. The van der Waals surface area contributed by atoms with Crippen molar-refractivity contribution < 1.29 is 24.5 Å². The molecular formula is C10H17NO6. The third-order valence-electron chi connectivity index (χ3n) is 3.47. The molecular weight excluding hydrogens is 230 g/mol. The molecule has 2 fully saturated rings. The normalized spacial score (nSPS) is 38.6. The predicted octanol–water partition coefficient (Wildman–Crippen LogP) is -0.00280. The minimum Gasteiger partial charge on any atom is -0.393 e. The summed E-state index contributed by atoms with van der Waals surface area (Å²) >= 11 is 0. The van der Waals surface area contributed by atoms with Crippen molar-refractivity contribution in [3.05, 3.63) is 10.1 Å². The van der Waals surface area contributed by atoms with Crippen LogP contribution in [0.15, 0.2) is 0 Å². The maximum Gasteiger partial charge on any atom is 0.294 e. The van der Waals surface area contributed by atoms with E-state index in [1.54, 1.807) is 0 Å². The second-order valence-electron chi connectivity index (χ2n) is 4.49. The maximum atomic E-state index is 10.5. The van der Waals surface area contributed by atoms with E-state index in [2.05, 4.69) is 0 Å². The molecule has 7 heteroatoms. The number of rotatable bonds is 2. The lowest BCUT2D eigenvalue weighted by Crippen LogP contribution is -2.39. The van der Waals surface area contributed by atoms with E-state index in [0.717, 1.165) is 0 Å². The van der Waals surface area contributed by atoms with Crippen LogP contribution in [0.3, 0.4) is 0 Å². The van der Waals surface area contributed by atoms with Gasteiger partial charge in [-0.1, -0.05) is 0 Å². The van der Waals surface area contributed by atoms with Gasteiger partial charge in [-0.3, -0.25) is 0 Å². The minimum atomic E-state index is -0.773. The van der Waals surface area contributed by atoms with Crippen LogP contribution >= 0.6 is 0 Å². The van der Waals surface area contributed by atoms with Gasteiger partial charge in [0.2, 0.25) is 0 Å². The van der Waals surface area contributed by atoms with Crippen LogP contribution in [0.2, 0.25) is 0 Å². The van der Waals surface area contributed by atoms with Crippen molar-refractivity contribution in [3.63, 3.8) is 0 Å². The van der Waals surface area contributed by atoms with Crippen molar-refractivity contribution >= 4 is 0 Å². The molecule has 0 aromatic rings. The molecule has 0 aromatic carbocycles. The lowest BCUT2D eigenvalue weighted by atomic mass is 9.84. The summed E-state index contributed by atoms with van der Waals surface area (Å²) in [5.41, 5.74) is 0. The van der Waals surface area contributed by atoms with Crippen LogP contribution in [0.25, 0.3) is 0 Å². The average Bonchev–Trinajstić information content (AvgIpc) is 2.56. The summed E-state index contributed by atoms with van der Waals surface area (Å²) in [6.07, 6.45) is -0.0998. The molecule has 2 aliphatic rings. The third kappa shape index (κ3) is 3.05. The van der Waals surface area contributed by atoms with Gasteiger partial charge < -0.3 is 19.4 Å². The molecule has 0 bridgehead atoms. The number of nitrogens with zero attached hydrogens (tertiary/aromatic N) is 1. The van der Waals surface area contributed by atoms with E-state index in [-0.39, 0.29) is 11.8 Å². The van der Waals surface area contributed by atoms with Crippen LogP contribution < -0.4 is 0 Å². The van der Waals surface area contributed by atoms with Gasteiger partial charge in [0.15, 0.2) is 0 Å². The summed E-state index contributed by atoms with van der Waals surface area (Å²) in [7, 11) is 0. The number of aliphatic hydroxyl groups is 1. The van der Waals surface area contributed by atoms with Gasteiger partial charge in [-0.2, -0.15) is 0 Å². The Morgan fingerprint density at radius 1 is 1.18 bits per heavy atom. The van der Waals surface area contributed by atoms with Crippen LogP contribution in [0.4, 0.5) is 0 Å². The van der Waals surface area contributed by atoms with E-state index < -0.39 is 17.3 Å². The lowest BCUT2D eigenvalue weighted by molar-refractivity contribution is -0.771. The number of hydrogen-bond acceptors (Lipinski definition) is 6.